The van der Waals surface area contributed by atoms with E-state index >= 15 is 0 Å². The van der Waals surface area contributed by atoms with Crippen LogP contribution < -0.4 is 10.1 Å². The van der Waals surface area contributed by atoms with E-state index in [1.165, 1.54) is 0 Å². The van der Waals surface area contributed by atoms with E-state index in [2.05, 4.69) is 22.9 Å². The molecule has 0 aliphatic carbocycles. The number of aliphatic carboxylic acids is 1. The minimum Gasteiger partial charge on any atom is -0.497 e. The second-order valence-corrected chi connectivity index (χ2v) is 5.31. The molecule has 2 rings (SSSR count). The van der Waals surface area contributed by atoms with Gasteiger partial charge >= 0.3 is 5.97 Å². The van der Waals surface area contributed by atoms with Crippen molar-refractivity contribution in [2.75, 3.05) is 12.9 Å². The third-order valence-corrected chi connectivity index (χ3v) is 3.59. The quantitative estimate of drug-likeness (QED) is 0.583. The number of carbonyl (C=O) groups excluding carboxylic acids is 1. The fourth-order valence-corrected chi connectivity index (χ4v) is 2.44. The first kappa shape index (κ1) is 16.2. The van der Waals surface area contributed by atoms with Crippen molar-refractivity contribution in [1.29, 1.82) is 0 Å². The van der Waals surface area contributed by atoms with Crippen molar-refractivity contribution in [3.8, 4) is 5.75 Å². The van der Waals surface area contributed by atoms with E-state index in [-0.39, 0.29) is 18.7 Å². The Kier molecular flexibility index (Phi) is 5.32. The normalized spacial score (nSPS) is 12.1. The summed E-state index contributed by atoms with van der Waals surface area (Å²) in [7, 11) is 1.57. The molecule has 0 radical (unpaired) electrons. The molecule has 0 unspecified atom stereocenters. The number of amides is 1. The van der Waals surface area contributed by atoms with Crippen LogP contribution in [-0.4, -0.2) is 40.9 Å². The number of thiol groups is 1. The van der Waals surface area contributed by atoms with Gasteiger partial charge in [0.25, 0.3) is 0 Å². The molecule has 1 aromatic carbocycles. The Bertz CT molecular complexity index is 683. The Labute approximate surface area is 133 Å². The summed E-state index contributed by atoms with van der Waals surface area (Å²) in [6.07, 6.45) is 2.14. The van der Waals surface area contributed by atoms with Gasteiger partial charge in [0.15, 0.2) is 0 Å². The van der Waals surface area contributed by atoms with Gasteiger partial charge in [0.2, 0.25) is 5.91 Å². The van der Waals surface area contributed by atoms with Gasteiger partial charge in [-0.3, -0.25) is 4.79 Å². The molecule has 6 nitrogen and oxygen atoms in total. The van der Waals surface area contributed by atoms with E-state index in [4.69, 9.17) is 4.74 Å². The lowest BCUT2D eigenvalue weighted by molar-refractivity contribution is -0.141. The van der Waals surface area contributed by atoms with Gasteiger partial charge in [0.1, 0.15) is 11.8 Å². The number of rotatable bonds is 7. The average molecular weight is 322 g/mol. The van der Waals surface area contributed by atoms with E-state index in [9.17, 15) is 14.7 Å². The summed E-state index contributed by atoms with van der Waals surface area (Å²) in [6.45, 7) is 0. The highest BCUT2D eigenvalue weighted by atomic mass is 32.1. The van der Waals surface area contributed by atoms with E-state index in [0.717, 1.165) is 16.5 Å². The molecule has 0 aliphatic rings. The second-order valence-electron chi connectivity index (χ2n) is 4.86. The lowest BCUT2D eigenvalue weighted by Gasteiger charge is -2.14. The molecule has 0 bridgehead atoms. The fraction of sp³-hybridized carbons (Fsp3) is 0.333. The molecule has 3 N–H and O–H groups in total. The number of ether oxygens (including phenoxy) is 1. The van der Waals surface area contributed by atoms with Crippen LogP contribution in [0.15, 0.2) is 24.4 Å². The first-order valence-electron chi connectivity index (χ1n) is 6.82. The van der Waals surface area contributed by atoms with Gasteiger partial charge in [-0.15, -0.1) is 0 Å². The van der Waals surface area contributed by atoms with Crippen molar-refractivity contribution in [2.24, 2.45) is 0 Å². The first-order valence-corrected chi connectivity index (χ1v) is 7.45. The first-order chi connectivity index (χ1) is 10.5. The molecule has 0 aliphatic heterocycles. The SMILES string of the molecule is COc1ccc2[nH]cc(C[C@H](NC(=O)CCS)C(=O)O)c2c1. The molecule has 7 heteroatoms. The summed E-state index contributed by atoms with van der Waals surface area (Å²) in [5.41, 5.74) is 1.70. The van der Waals surface area contributed by atoms with Crippen LogP contribution in [0.3, 0.4) is 0 Å². The molecular formula is C15H18N2O4S. The van der Waals surface area contributed by atoms with Crippen molar-refractivity contribution in [3.63, 3.8) is 0 Å². The number of hydrogen-bond donors (Lipinski definition) is 4. The lowest BCUT2D eigenvalue weighted by Crippen LogP contribution is -2.42. The van der Waals surface area contributed by atoms with E-state index in [1.807, 2.05) is 18.2 Å². The number of fused-ring (bicyclic) bond motifs is 1. The average Bonchev–Trinajstić information content (AvgIpc) is 2.89. The Morgan fingerprint density at radius 1 is 1.45 bits per heavy atom. The number of benzene rings is 1. The third kappa shape index (κ3) is 3.73. The largest absolute Gasteiger partial charge is 0.497 e. The van der Waals surface area contributed by atoms with Crippen LogP contribution in [-0.2, 0) is 16.0 Å². The van der Waals surface area contributed by atoms with Gasteiger partial charge in [-0.1, -0.05) is 0 Å². The molecule has 0 fully saturated rings. The number of aromatic nitrogens is 1. The topological polar surface area (TPSA) is 91.4 Å². The maximum atomic E-state index is 11.6. The summed E-state index contributed by atoms with van der Waals surface area (Å²) in [4.78, 5) is 26.0. The number of methoxy groups -OCH3 is 1. The summed E-state index contributed by atoms with van der Waals surface area (Å²) in [5.74, 6) is -0.313. The van der Waals surface area contributed by atoms with Gasteiger partial charge < -0.3 is 20.1 Å². The van der Waals surface area contributed by atoms with Crippen LogP contribution in [0.1, 0.15) is 12.0 Å². The van der Waals surface area contributed by atoms with Crippen LogP contribution in [0.4, 0.5) is 0 Å². The molecule has 1 aromatic heterocycles. The van der Waals surface area contributed by atoms with Crippen LogP contribution in [0.25, 0.3) is 10.9 Å². The Morgan fingerprint density at radius 3 is 2.86 bits per heavy atom. The molecule has 2 aromatic rings. The van der Waals surface area contributed by atoms with Gasteiger partial charge in [0.05, 0.1) is 7.11 Å². The van der Waals surface area contributed by atoms with Crippen LogP contribution in [0.2, 0.25) is 0 Å². The zero-order chi connectivity index (χ0) is 16.1. The molecule has 0 saturated heterocycles. The number of carbonyl (C=O) groups is 2. The van der Waals surface area contributed by atoms with E-state index in [0.29, 0.717) is 11.5 Å². The number of carboxylic acid groups (broad SMARTS) is 1. The number of hydrogen-bond acceptors (Lipinski definition) is 4. The summed E-state index contributed by atoms with van der Waals surface area (Å²) < 4.78 is 5.19. The number of H-pyrrole nitrogens is 1. The molecule has 1 heterocycles. The second kappa shape index (κ2) is 7.22. The van der Waals surface area contributed by atoms with Crippen LogP contribution in [0.5, 0.6) is 5.75 Å². The van der Waals surface area contributed by atoms with E-state index < -0.39 is 12.0 Å². The van der Waals surface area contributed by atoms with Crippen molar-refractivity contribution in [1.82, 2.24) is 10.3 Å². The van der Waals surface area contributed by atoms with Crippen LogP contribution in [0, 0.1) is 0 Å². The molecule has 118 valence electrons. The van der Waals surface area contributed by atoms with Gasteiger partial charge in [-0.05, 0) is 29.5 Å². The highest BCUT2D eigenvalue weighted by molar-refractivity contribution is 7.80. The maximum Gasteiger partial charge on any atom is 0.326 e. The minimum atomic E-state index is -1.07. The molecule has 1 atom stereocenters. The molecule has 0 spiro atoms. The smallest absolute Gasteiger partial charge is 0.326 e. The predicted molar refractivity (Wildman–Crippen MR) is 86.6 cm³/mol. The van der Waals surface area contributed by atoms with Gasteiger partial charge in [-0.25, -0.2) is 4.79 Å². The molecule has 0 saturated carbocycles. The summed E-state index contributed by atoms with van der Waals surface area (Å²) >= 11 is 3.97. The van der Waals surface area contributed by atoms with E-state index in [1.54, 1.807) is 13.3 Å². The Morgan fingerprint density at radius 2 is 2.23 bits per heavy atom. The Balaban J connectivity index is 2.22. The van der Waals surface area contributed by atoms with Gasteiger partial charge in [0, 0.05) is 29.9 Å². The van der Waals surface area contributed by atoms with Crippen molar-refractivity contribution >= 4 is 35.4 Å². The molecule has 1 amide bonds. The van der Waals surface area contributed by atoms with Crippen LogP contribution >= 0.6 is 12.6 Å². The summed E-state index contributed by atoms with van der Waals surface area (Å²) in [6, 6.07) is 4.56. The molecular weight excluding hydrogens is 304 g/mol. The number of nitrogens with one attached hydrogen (secondary N) is 2. The highest BCUT2D eigenvalue weighted by Gasteiger charge is 2.21. The van der Waals surface area contributed by atoms with Crippen molar-refractivity contribution in [2.45, 2.75) is 18.9 Å². The maximum absolute atomic E-state index is 11.6. The number of carboxylic acids is 1. The standard InChI is InChI=1S/C15H18N2O4S/c1-21-10-2-3-12-11(7-10)9(8-16-12)6-13(15(19)20)17-14(18)4-5-22/h2-3,7-8,13,16,22H,4-6H2,1H3,(H,17,18)(H,19,20)/t13-/m0/s1. The fourth-order valence-electron chi connectivity index (χ4n) is 2.24. The monoisotopic (exact) mass is 322 g/mol. The molecule has 22 heavy (non-hydrogen) atoms. The summed E-state index contributed by atoms with van der Waals surface area (Å²) in [5, 5.41) is 12.7. The van der Waals surface area contributed by atoms with Gasteiger partial charge in [-0.2, -0.15) is 12.6 Å². The lowest BCUT2D eigenvalue weighted by atomic mass is 10.0. The predicted octanol–water partition coefficient (Wildman–Crippen LogP) is 1.61. The minimum absolute atomic E-state index is 0.189. The van der Waals surface area contributed by atoms with Crippen molar-refractivity contribution in [3.05, 3.63) is 30.0 Å². The number of aromatic amines is 1. The highest BCUT2D eigenvalue weighted by Crippen LogP contribution is 2.24. The zero-order valence-corrected chi connectivity index (χ0v) is 13.0. The Hall–Kier alpha value is -2.15. The third-order valence-electron chi connectivity index (χ3n) is 3.37. The zero-order valence-electron chi connectivity index (χ0n) is 12.1. The van der Waals surface area contributed by atoms with Crippen molar-refractivity contribution < 1.29 is 19.4 Å².